The summed E-state index contributed by atoms with van der Waals surface area (Å²) in [5, 5.41) is 3.18. The monoisotopic (exact) mass is 241 g/mol. The standard InChI is InChI=1S/C13H17F2NO/c1-13(8-10(16-2)5-6-17-13)11-4-3-9(14)7-12(11)15/h3-4,7,10,16H,5-6,8H2,1-2H3. The van der Waals surface area contributed by atoms with Crippen molar-refractivity contribution in [3.05, 3.63) is 35.4 Å². The van der Waals surface area contributed by atoms with Crippen molar-refractivity contribution in [1.82, 2.24) is 5.32 Å². The first kappa shape index (κ1) is 12.5. The maximum Gasteiger partial charge on any atom is 0.132 e. The molecule has 2 rings (SSSR count). The van der Waals surface area contributed by atoms with Gasteiger partial charge >= 0.3 is 0 Å². The van der Waals surface area contributed by atoms with E-state index in [2.05, 4.69) is 5.32 Å². The summed E-state index contributed by atoms with van der Waals surface area (Å²) in [5.74, 6) is -1.10. The number of hydrogen-bond donors (Lipinski definition) is 1. The molecule has 2 unspecified atom stereocenters. The second-order valence-corrected chi connectivity index (χ2v) is 4.68. The Balaban J connectivity index is 2.30. The maximum absolute atomic E-state index is 13.8. The molecule has 0 spiro atoms. The van der Waals surface area contributed by atoms with Crippen LogP contribution in [-0.4, -0.2) is 19.7 Å². The molecule has 1 N–H and O–H groups in total. The predicted molar refractivity (Wildman–Crippen MR) is 61.7 cm³/mol. The molecule has 2 atom stereocenters. The molecule has 1 aromatic rings. The first-order chi connectivity index (χ1) is 8.05. The Labute approximate surface area is 100.0 Å². The lowest BCUT2D eigenvalue weighted by Gasteiger charge is -2.38. The van der Waals surface area contributed by atoms with Gasteiger partial charge in [0.1, 0.15) is 11.6 Å². The van der Waals surface area contributed by atoms with Crippen molar-refractivity contribution in [2.45, 2.75) is 31.4 Å². The van der Waals surface area contributed by atoms with E-state index in [1.165, 1.54) is 12.1 Å². The maximum atomic E-state index is 13.8. The van der Waals surface area contributed by atoms with Gasteiger partial charge in [-0.3, -0.25) is 0 Å². The molecule has 0 saturated carbocycles. The molecule has 0 amide bonds. The highest BCUT2D eigenvalue weighted by molar-refractivity contribution is 5.25. The van der Waals surface area contributed by atoms with Crippen LogP contribution in [0.5, 0.6) is 0 Å². The minimum atomic E-state index is -0.677. The van der Waals surface area contributed by atoms with Crippen molar-refractivity contribution in [3.8, 4) is 0 Å². The normalized spacial score (nSPS) is 29.3. The molecule has 0 radical (unpaired) electrons. The molecule has 1 aliphatic rings. The lowest BCUT2D eigenvalue weighted by molar-refractivity contribution is -0.0824. The van der Waals surface area contributed by atoms with Crippen LogP contribution in [0.3, 0.4) is 0 Å². The summed E-state index contributed by atoms with van der Waals surface area (Å²) in [7, 11) is 1.89. The molecule has 1 fully saturated rings. The van der Waals surface area contributed by atoms with Gasteiger partial charge in [-0.05, 0) is 32.9 Å². The van der Waals surface area contributed by atoms with Crippen LogP contribution in [0.2, 0.25) is 0 Å². The van der Waals surface area contributed by atoms with Crippen LogP contribution in [0.15, 0.2) is 18.2 Å². The molecular formula is C13H17F2NO. The molecule has 1 aliphatic heterocycles. The van der Waals surface area contributed by atoms with Crippen LogP contribution in [0.1, 0.15) is 25.3 Å². The van der Waals surface area contributed by atoms with Gasteiger partial charge in [0.15, 0.2) is 0 Å². The summed E-state index contributed by atoms with van der Waals surface area (Å²) >= 11 is 0. The molecule has 1 heterocycles. The molecule has 0 aliphatic carbocycles. The Morgan fingerprint density at radius 3 is 2.82 bits per heavy atom. The third kappa shape index (κ3) is 2.48. The van der Waals surface area contributed by atoms with Crippen LogP contribution in [0.4, 0.5) is 8.78 Å². The predicted octanol–water partition coefficient (Wildman–Crippen LogP) is 2.58. The summed E-state index contributed by atoms with van der Waals surface area (Å²) in [6.45, 7) is 2.44. The largest absolute Gasteiger partial charge is 0.370 e. The van der Waals surface area contributed by atoms with Crippen molar-refractivity contribution in [3.63, 3.8) is 0 Å². The summed E-state index contributed by atoms with van der Waals surface area (Å²) in [6.07, 6.45) is 1.60. The highest BCUT2D eigenvalue weighted by atomic mass is 19.1. The van der Waals surface area contributed by atoms with Crippen molar-refractivity contribution >= 4 is 0 Å². The summed E-state index contributed by atoms with van der Waals surface area (Å²) in [4.78, 5) is 0. The minimum absolute atomic E-state index is 0.304. The van der Waals surface area contributed by atoms with Gasteiger partial charge < -0.3 is 10.1 Å². The number of nitrogens with one attached hydrogen (secondary N) is 1. The zero-order valence-corrected chi connectivity index (χ0v) is 10.1. The van der Waals surface area contributed by atoms with Gasteiger partial charge in [0.25, 0.3) is 0 Å². The van der Waals surface area contributed by atoms with Crippen molar-refractivity contribution in [2.24, 2.45) is 0 Å². The summed E-state index contributed by atoms with van der Waals surface area (Å²) in [5.41, 5.74) is -0.247. The number of halogens is 2. The van der Waals surface area contributed by atoms with E-state index < -0.39 is 17.2 Å². The highest BCUT2D eigenvalue weighted by Crippen LogP contribution is 2.36. The van der Waals surface area contributed by atoms with E-state index in [-0.39, 0.29) is 0 Å². The Morgan fingerprint density at radius 2 is 2.18 bits per heavy atom. The molecule has 94 valence electrons. The zero-order chi connectivity index (χ0) is 12.5. The fraction of sp³-hybridized carbons (Fsp3) is 0.538. The third-order valence-electron chi connectivity index (χ3n) is 3.43. The van der Waals surface area contributed by atoms with Gasteiger partial charge in [-0.15, -0.1) is 0 Å². The van der Waals surface area contributed by atoms with Gasteiger partial charge in [-0.25, -0.2) is 8.78 Å². The fourth-order valence-corrected chi connectivity index (χ4v) is 2.41. The number of hydrogen-bond acceptors (Lipinski definition) is 2. The van der Waals surface area contributed by atoms with Gasteiger partial charge in [-0.1, -0.05) is 6.07 Å². The second-order valence-electron chi connectivity index (χ2n) is 4.68. The topological polar surface area (TPSA) is 21.3 Å². The lowest BCUT2D eigenvalue weighted by Crippen LogP contribution is -2.43. The summed E-state index contributed by atoms with van der Waals surface area (Å²) in [6, 6.07) is 3.96. The SMILES string of the molecule is CNC1CCOC(C)(c2ccc(F)cc2F)C1. The van der Waals surface area contributed by atoms with Crippen molar-refractivity contribution in [2.75, 3.05) is 13.7 Å². The van der Waals surface area contributed by atoms with Gasteiger partial charge in [0, 0.05) is 24.3 Å². The fourth-order valence-electron chi connectivity index (χ4n) is 2.41. The molecule has 1 saturated heterocycles. The molecule has 4 heteroatoms. The minimum Gasteiger partial charge on any atom is -0.370 e. The van der Waals surface area contributed by atoms with Crippen molar-refractivity contribution in [1.29, 1.82) is 0 Å². The van der Waals surface area contributed by atoms with Crippen molar-refractivity contribution < 1.29 is 13.5 Å². The molecule has 0 aromatic heterocycles. The third-order valence-corrected chi connectivity index (χ3v) is 3.43. The molecule has 17 heavy (non-hydrogen) atoms. The second kappa shape index (κ2) is 4.70. The van der Waals surface area contributed by atoms with E-state index in [4.69, 9.17) is 4.74 Å². The average Bonchev–Trinajstić information content (AvgIpc) is 2.28. The van der Waals surface area contributed by atoms with Crippen LogP contribution in [-0.2, 0) is 10.3 Å². The van der Waals surface area contributed by atoms with E-state index in [0.29, 0.717) is 24.6 Å². The average molecular weight is 241 g/mol. The number of rotatable bonds is 2. The molecule has 2 nitrogen and oxygen atoms in total. The van der Waals surface area contributed by atoms with Crippen LogP contribution >= 0.6 is 0 Å². The van der Waals surface area contributed by atoms with Crippen LogP contribution < -0.4 is 5.32 Å². The van der Waals surface area contributed by atoms with E-state index in [1.807, 2.05) is 14.0 Å². The number of benzene rings is 1. The van der Waals surface area contributed by atoms with E-state index in [1.54, 1.807) is 0 Å². The van der Waals surface area contributed by atoms with E-state index in [9.17, 15) is 8.78 Å². The van der Waals surface area contributed by atoms with E-state index in [0.717, 1.165) is 12.5 Å². The first-order valence-corrected chi connectivity index (χ1v) is 5.82. The number of ether oxygens (including phenoxy) is 1. The summed E-state index contributed by atoms with van der Waals surface area (Å²) < 4.78 is 32.4. The Bertz CT molecular complexity index is 410. The quantitative estimate of drug-likeness (QED) is 0.859. The zero-order valence-electron chi connectivity index (χ0n) is 10.1. The smallest absolute Gasteiger partial charge is 0.132 e. The van der Waals surface area contributed by atoms with Gasteiger partial charge in [-0.2, -0.15) is 0 Å². The van der Waals surface area contributed by atoms with Gasteiger partial charge in [0.2, 0.25) is 0 Å². The lowest BCUT2D eigenvalue weighted by atomic mass is 9.85. The molecule has 1 aromatic carbocycles. The Kier molecular flexibility index (Phi) is 3.45. The highest BCUT2D eigenvalue weighted by Gasteiger charge is 2.36. The van der Waals surface area contributed by atoms with Crippen LogP contribution in [0.25, 0.3) is 0 Å². The first-order valence-electron chi connectivity index (χ1n) is 5.82. The molecule has 0 bridgehead atoms. The van der Waals surface area contributed by atoms with Crippen LogP contribution in [0, 0.1) is 11.6 Å². The Morgan fingerprint density at radius 1 is 1.41 bits per heavy atom. The molecular weight excluding hydrogens is 224 g/mol. The Hall–Kier alpha value is -1.00. The van der Waals surface area contributed by atoms with Gasteiger partial charge in [0.05, 0.1) is 5.60 Å². The van der Waals surface area contributed by atoms with E-state index >= 15 is 0 Å².